The molecule has 1 N–H and O–H groups in total. The maximum Gasteiger partial charge on any atom is 0.307 e. The lowest BCUT2D eigenvalue weighted by Crippen LogP contribution is -2.49. The molecule has 2 atom stereocenters. The molecule has 134 valence electrons. The Labute approximate surface area is 145 Å². The highest BCUT2D eigenvalue weighted by atomic mass is 16.6. The average molecular weight is 347 g/mol. The standard InChI is InChI=1S/C17H21N3O5/c1-17(2)13(14(17)16(22)23)15(21)19-9-7-18(8-10-19)11-3-5-12(6-4-11)20(24)25/h3-6,13-14H,7-10H2,1-2H3,(H,22,23)/t13-,14-/m0/s1. The number of non-ortho nitro benzene ring substituents is 1. The van der Waals surface area contributed by atoms with E-state index < -0.39 is 28.1 Å². The number of nitrogens with zero attached hydrogens (tertiary/aromatic N) is 3. The molecule has 1 aliphatic heterocycles. The molecule has 1 aromatic carbocycles. The largest absolute Gasteiger partial charge is 0.481 e. The van der Waals surface area contributed by atoms with E-state index in [1.165, 1.54) is 12.1 Å². The van der Waals surface area contributed by atoms with E-state index in [1.54, 1.807) is 17.0 Å². The Balaban J connectivity index is 1.60. The fraction of sp³-hybridized carbons (Fsp3) is 0.529. The molecular weight excluding hydrogens is 326 g/mol. The minimum atomic E-state index is -0.909. The van der Waals surface area contributed by atoms with E-state index in [2.05, 4.69) is 4.90 Å². The van der Waals surface area contributed by atoms with Crippen LogP contribution in [-0.2, 0) is 9.59 Å². The van der Waals surface area contributed by atoms with Crippen LogP contribution < -0.4 is 4.90 Å². The summed E-state index contributed by atoms with van der Waals surface area (Å²) in [6.07, 6.45) is 0. The van der Waals surface area contributed by atoms with Gasteiger partial charge in [0.15, 0.2) is 0 Å². The Bertz CT molecular complexity index is 707. The number of nitro benzene ring substituents is 1. The van der Waals surface area contributed by atoms with Crippen molar-refractivity contribution >= 4 is 23.3 Å². The van der Waals surface area contributed by atoms with Crippen molar-refractivity contribution in [3.8, 4) is 0 Å². The van der Waals surface area contributed by atoms with Crippen LogP contribution in [0.1, 0.15) is 13.8 Å². The molecule has 2 aliphatic rings. The Hall–Kier alpha value is -2.64. The minimum absolute atomic E-state index is 0.0493. The first-order chi connectivity index (χ1) is 11.7. The van der Waals surface area contributed by atoms with E-state index in [-0.39, 0.29) is 11.6 Å². The van der Waals surface area contributed by atoms with E-state index >= 15 is 0 Å². The SMILES string of the molecule is CC1(C)[C@H](C(=O)O)[C@H]1C(=O)N1CCN(c2ccc([N+](=O)[O-])cc2)CC1. The molecule has 2 fully saturated rings. The molecule has 0 bridgehead atoms. The lowest BCUT2D eigenvalue weighted by Gasteiger charge is -2.36. The molecule has 25 heavy (non-hydrogen) atoms. The van der Waals surface area contributed by atoms with Gasteiger partial charge in [-0.1, -0.05) is 13.8 Å². The van der Waals surface area contributed by atoms with Gasteiger partial charge in [-0.25, -0.2) is 0 Å². The second kappa shape index (κ2) is 6.02. The Kier molecular flexibility index (Phi) is 4.14. The molecule has 0 unspecified atom stereocenters. The van der Waals surface area contributed by atoms with Crippen molar-refractivity contribution in [1.29, 1.82) is 0 Å². The smallest absolute Gasteiger partial charge is 0.307 e. The summed E-state index contributed by atoms with van der Waals surface area (Å²) in [4.78, 5) is 38.0. The molecule has 0 radical (unpaired) electrons. The summed E-state index contributed by atoms with van der Waals surface area (Å²) in [5, 5.41) is 19.9. The van der Waals surface area contributed by atoms with Gasteiger partial charge >= 0.3 is 5.97 Å². The minimum Gasteiger partial charge on any atom is -0.481 e. The molecule has 8 heteroatoms. The van der Waals surface area contributed by atoms with Crippen molar-refractivity contribution in [3.05, 3.63) is 34.4 Å². The summed E-state index contributed by atoms with van der Waals surface area (Å²) in [7, 11) is 0. The molecule has 3 rings (SSSR count). The molecule has 1 aromatic rings. The normalized spacial score (nSPS) is 24.7. The monoisotopic (exact) mass is 347 g/mol. The Morgan fingerprint density at radius 3 is 2.12 bits per heavy atom. The van der Waals surface area contributed by atoms with E-state index in [1.807, 2.05) is 13.8 Å². The van der Waals surface area contributed by atoms with Crippen LogP contribution in [0.5, 0.6) is 0 Å². The highest BCUT2D eigenvalue weighted by Crippen LogP contribution is 2.59. The van der Waals surface area contributed by atoms with Crippen molar-refractivity contribution in [2.45, 2.75) is 13.8 Å². The highest BCUT2D eigenvalue weighted by molar-refractivity contribution is 5.91. The number of rotatable bonds is 4. The summed E-state index contributed by atoms with van der Waals surface area (Å²) >= 11 is 0. The third-order valence-corrected chi connectivity index (χ3v) is 5.38. The first kappa shape index (κ1) is 17.2. The van der Waals surface area contributed by atoms with Crippen LogP contribution in [0.15, 0.2) is 24.3 Å². The van der Waals surface area contributed by atoms with Crippen molar-refractivity contribution in [3.63, 3.8) is 0 Å². The molecule has 1 saturated heterocycles. The quantitative estimate of drug-likeness (QED) is 0.655. The maximum atomic E-state index is 12.6. The number of benzene rings is 1. The first-order valence-electron chi connectivity index (χ1n) is 8.24. The zero-order valence-electron chi connectivity index (χ0n) is 14.2. The van der Waals surface area contributed by atoms with Crippen molar-refractivity contribution in [1.82, 2.24) is 4.90 Å². The number of hydrogen-bond acceptors (Lipinski definition) is 5. The highest BCUT2D eigenvalue weighted by Gasteiger charge is 2.66. The number of piperazine rings is 1. The van der Waals surface area contributed by atoms with E-state index in [0.29, 0.717) is 26.2 Å². The number of carboxylic acid groups (broad SMARTS) is 1. The summed E-state index contributed by atoms with van der Waals surface area (Å²) in [5.74, 6) is -2.04. The van der Waals surface area contributed by atoms with Crippen molar-refractivity contribution in [2.75, 3.05) is 31.1 Å². The van der Waals surface area contributed by atoms with Crippen LogP contribution in [-0.4, -0.2) is 53.0 Å². The van der Waals surface area contributed by atoms with E-state index in [4.69, 9.17) is 0 Å². The van der Waals surface area contributed by atoms with Gasteiger partial charge in [0.05, 0.1) is 16.8 Å². The van der Waals surface area contributed by atoms with E-state index in [9.17, 15) is 24.8 Å². The predicted octanol–water partition coefficient (Wildman–Crippen LogP) is 1.60. The van der Waals surface area contributed by atoms with Crippen LogP contribution in [0.25, 0.3) is 0 Å². The van der Waals surface area contributed by atoms with Crippen LogP contribution in [0.3, 0.4) is 0 Å². The molecular formula is C17H21N3O5. The van der Waals surface area contributed by atoms with Crippen LogP contribution in [0, 0.1) is 27.4 Å². The van der Waals surface area contributed by atoms with Crippen LogP contribution in [0.4, 0.5) is 11.4 Å². The molecule has 1 heterocycles. The van der Waals surface area contributed by atoms with Gasteiger partial charge in [0.1, 0.15) is 0 Å². The molecule has 8 nitrogen and oxygen atoms in total. The Morgan fingerprint density at radius 1 is 1.12 bits per heavy atom. The Morgan fingerprint density at radius 2 is 1.68 bits per heavy atom. The average Bonchev–Trinajstić information content (AvgIpc) is 3.17. The van der Waals surface area contributed by atoms with Gasteiger partial charge in [-0.3, -0.25) is 19.7 Å². The second-order valence-corrected chi connectivity index (χ2v) is 7.20. The third kappa shape index (κ3) is 3.04. The van der Waals surface area contributed by atoms with Gasteiger partial charge in [0.25, 0.3) is 5.69 Å². The van der Waals surface area contributed by atoms with E-state index in [0.717, 1.165) is 5.69 Å². The number of hydrogen-bond donors (Lipinski definition) is 1. The zero-order valence-corrected chi connectivity index (χ0v) is 14.2. The molecule has 1 amide bonds. The number of carbonyl (C=O) groups is 2. The molecule has 0 aromatic heterocycles. The molecule has 1 aliphatic carbocycles. The summed E-state index contributed by atoms with van der Waals surface area (Å²) in [5.41, 5.74) is 0.444. The first-order valence-corrected chi connectivity index (χ1v) is 8.24. The lowest BCUT2D eigenvalue weighted by molar-refractivity contribution is -0.384. The number of carbonyl (C=O) groups excluding carboxylic acids is 1. The fourth-order valence-electron chi connectivity index (χ4n) is 3.73. The molecule has 0 spiro atoms. The van der Waals surface area contributed by atoms with Gasteiger partial charge in [-0.05, 0) is 17.5 Å². The summed E-state index contributed by atoms with van der Waals surface area (Å²) < 4.78 is 0. The van der Waals surface area contributed by atoms with Gasteiger partial charge in [0.2, 0.25) is 5.91 Å². The number of aliphatic carboxylic acids is 1. The number of carboxylic acids is 1. The predicted molar refractivity (Wildman–Crippen MR) is 90.3 cm³/mol. The van der Waals surface area contributed by atoms with Gasteiger partial charge in [-0.15, -0.1) is 0 Å². The third-order valence-electron chi connectivity index (χ3n) is 5.38. The topological polar surface area (TPSA) is 104 Å². The van der Waals surface area contributed by atoms with Gasteiger partial charge in [-0.2, -0.15) is 0 Å². The van der Waals surface area contributed by atoms with Gasteiger partial charge < -0.3 is 14.9 Å². The maximum absolute atomic E-state index is 12.6. The molecule has 1 saturated carbocycles. The van der Waals surface area contributed by atoms with Gasteiger partial charge in [0, 0.05) is 44.0 Å². The zero-order chi connectivity index (χ0) is 18.4. The van der Waals surface area contributed by atoms with Crippen molar-refractivity contribution in [2.24, 2.45) is 17.3 Å². The number of amides is 1. The van der Waals surface area contributed by atoms with Crippen LogP contribution >= 0.6 is 0 Å². The van der Waals surface area contributed by atoms with Crippen LogP contribution in [0.2, 0.25) is 0 Å². The lowest BCUT2D eigenvalue weighted by atomic mass is 10.1. The number of anilines is 1. The van der Waals surface area contributed by atoms with Crippen molar-refractivity contribution < 1.29 is 19.6 Å². The fourth-order valence-corrected chi connectivity index (χ4v) is 3.73. The number of nitro groups is 1. The summed E-state index contributed by atoms with van der Waals surface area (Å²) in [6, 6.07) is 6.36. The second-order valence-electron chi connectivity index (χ2n) is 7.20. The summed E-state index contributed by atoms with van der Waals surface area (Å²) in [6.45, 7) is 5.93.